The fourth-order valence-electron chi connectivity index (χ4n) is 2.47. The first-order valence-electron chi connectivity index (χ1n) is 9.19. The van der Waals surface area contributed by atoms with Crippen LogP contribution >= 0.6 is 0 Å². The van der Waals surface area contributed by atoms with Crippen LogP contribution in [-0.2, 0) is 14.3 Å². The van der Waals surface area contributed by atoms with Gasteiger partial charge in [-0.25, -0.2) is 0 Å². The Kier molecular flexibility index (Phi) is 11.1. The van der Waals surface area contributed by atoms with Gasteiger partial charge in [-0.15, -0.1) is 0 Å². The van der Waals surface area contributed by atoms with Crippen molar-refractivity contribution < 1.29 is 14.3 Å². The molecule has 146 valence electrons. The van der Waals surface area contributed by atoms with Gasteiger partial charge in [0.25, 0.3) is 5.91 Å². The third kappa shape index (κ3) is 9.39. The lowest BCUT2D eigenvalue weighted by Crippen LogP contribution is -2.32. The molecule has 0 fully saturated rings. The maximum Gasteiger partial charge on any atom is 0.251 e. The molecule has 0 bridgehead atoms. The van der Waals surface area contributed by atoms with Gasteiger partial charge < -0.3 is 26.0 Å². The summed E-state index contributed by atoms with van der Waals surface area (Å²) in [5, 5.41) is 5.96. The summed E-state index contributed by atoms with van der Waals surface area (Å²) in [5.74, 6) is -0.213. The summed E-state index contributed by atoms with van der Waals surface area (Å²) in [6.07, 6.45) is 7.47. The number of nitrogens with two attached hydrogens (primary N) is 1. The topological polar surface area (TPSA) is 96.7 Å². The number of rotatable bonds is 15. The number of unbranched alkanes of at least 4 members (excludes halogenated alkanes) is 2. The molecule has 4 N–H and O–H groups in total. The Hall–Kier alpha value is -2.12. The monoisotopic (exact) mass is 364 g/mol. The Balaban J connectivity index is 1.89. The minimum Gasteiger partial charge on any atom is -0.388 e. The molecule has 7 nitrogen and oxygen atoms in total. The van der Waals surface area contributed by atoms with E-state index < -0.39 is 0 Å². The van der Waals surface area contributed by atoms with Crippen LogP contribution in [0.1, 0.15) is 32.1 Å². The molecule has 1 rings (SSSR count). The standard InChI is InChI=1S/C19H32N4O3/c1-16(21-11-10-20)6-4-3-5-14-26-15-12-22-18(24)9-13-23-17(2)7-8-19(23)25/h7-8,21H,1-6,9-15,20H2,(H,22,24). The lowest BCUT2D eigenvalue weighted by molar-refractivity contribution is -0.124. The number of ether oxygens (including phenoxy) is 1. The number of hydrogen-bond donors (Lipinski definition) is 3. The van der Waals surface area contributed by atoms with Crippen molar-refractivity contribution in [3.63, 3.8) is 0 Å². The van der Waals surface area contributed by atoms with Gasteiger partial charge in [0.2, 0.25) is 5.91 Å². The first kappa shape index (κ1) is 21.9. The van der Waals surface area contributed by atoms with Crippen molar-refractivity contribution in [2.75, 3.05) is 39.4 Å². The summed E-state index contributed by atoms with van der Waals surface area (Å²) in [6.45, 7) is 11.1. The maximum absolute atomic E-state index is 11.7. The van der Waals surface area contributed by atoms with Crippen molar-refractivity contribution in [3.8, 4) is 0 Å². The van der Waals surface area contributed by atoms with Gasteiger partial charge >= 0.3 is 0 Å². The van der Waals surface area contributed by atoms with Gasteiger partial charge in [-0.2, -0.15) is 0 Å². The molecular weight excluding hydrogens is 332 g/mol. The van der Waals surface area contributed by atoms with E-state index in [0.717, 1.165) is 37.9 Å². The number of hydrogen-bond acceptors (Lipinski definition) is 5. The minimum absolute atomic E-state index is 0.0930. The number of nitrogens with zero attached hydrogens (tertiary/aromatic N) is 1. The van der Waals surface area contributed by atoms with E-state index in [9.17, 15) is 9.59 Å². The molecule has 0 saturated carbocycles. The fraction of sp³-hybridized carbons (Fsp3) is 0.579. The van der Waals surface area contributed by atoms with Crippen LogP contribution in [-0.4, -0.2) is 56.1 Å². The largest absolute Gasteiger partial charge is 0.388 e. The summed E-state index contributed by atoms with van der Waals surface area (Å²) >= 11 is 0. The number of amides is 2. The van der Waals surface area contributed by atoms with E-state index in [-0.39, 0.29) is 18.2 Å². The van der Waals surface area contributed by atoms with E-state index in [0.29, 0.717) is 38.5 Å². The van der Waals surface area contributed by atoms with E-state index in [4.69, 9.17) is 10.5 Å². The molecule has 26 heavy (non-hydrogen) atoms. The predicted octanol–water partition coefficient (Wildman–Crippen LogP) is 1.04. The molecule has 0 aromatic rings. The average molecular weight is 364 g/mol. The maximum atomic E-state index is 11.7. The van der Waals surface area contributed by atoms with Crippen LogP contribution in [0.4, 0.5) is 0 Å². The smallest absolute Gasteiger partial charge is 0.251 e. The Bertz CT molecular complexity index is 499. The first-order valence-corrected chi connectivity index (χ1v) is 9.19. The van der Waals surface area contributed by atoms with Crippen LogP contribution in [0.2, 0.25) is 0 Å². The molecular formula is C19H32N4O3. The zero-order valence-electron chi connectivity index (χ0n) is 15.6. The van der Waals surface area contributed by atoms with Gasteiger partial charge in [-0.05, 0) is 25.3 Å². The second-order valence-corrected chi connectivity index (χ2v) is 6.16. The summed E-state index contributed by atoms with van der Waals surface area (Å²) in [6, 6.07) is 0. The highest BCUT2D eigenvalue weighted by Gasteiger charge is 2.18. The molecule has 2 amide bonds. The highest BCUT2D eigenvalue weighted by molar-refractivity contribution is 5.93. The van der Waals surface area contributed by atoms with Crippen LogP contribution in [0, 0.1) is 0 Å². The average Bonchev–Trinajstić information content (AvgIpc) is 2.94. The van der Waals surface area contributed by atoms with Gasteiger partial charge in [0.05, 0.1) is 6.61 Å². The number of carbonyl (C=O) groups is 2. The van der Waals surface area contributed by atoms with E-state index in [1.165, 1.54) is 11.0 Å². The van der Waals surface area contributed by atoms with Crippen molar-refractivity contribution in [1.82, 2.24) is 15.5 Å². The SMILES string of the molecule is C=C(CCCCCOCCNC(=O)CCN1C(=C)C=CC1=O)NCCN. The molecule has 0 radical (unpaired) electrons. The third-order valence-electron chi connectivity index (χ3n) is 3.95. The second-order valence-electron chi connectivity index (χ2n) is 6.16. The van der Waals surface area contributed by atoms with Gasteiger partial charge in [0.15, 0.2) is 0 Å². The summed E-state index contributed by atoms with van der Waals surface area (Å²) < 4.78 is 5.51. The van der Waals surface area contributed by atoms with E-state index in [1.807, 2.05) is 0 Å². The molecule has 0 aromatic heterocycles. The third-order valence-corrected chi connectivity index (χ3v) is 3.95. The van der Waals surface area contributed by atoms with Crippen molar-refractivity contribution in [1.29, 1.82) is 0 Å². The number of carbonyl (C=O) groups excluding carboxylic acids is 2. The fourth-order valence-corrected chi connectivity index (χ4v) is 2.47. The van der Waals surface area contributed by atoms with Gasteiger partial charge in [-0.1, -0.05) is 19.6 Å². The molecule has 1 aliphatic rings. The van der Waals surface area contributed by atoms with Crippen LogP contribution in [0.25, 0.3) is 0 Å². The zero-order chi connectivity index (χ0) is 19.2. The van der Waals surface area contributed by atoms with E-state index >= 15 is 0 Å². The van der Waals surface area contributed by atoms with Gasteiger partial charge in [-0.3, -0.25) is 9.59 Å². The van der Waals surface area contributed by atoms with Gasteiger partial charge in [0.1, 0.15) is 0 Å². The highest BCUT2D eigenvalue weighted by atomic mass is 16.5. The normalized spacial score (nSPS) is 13.3. The predicted molar refractivity (Wildman–Crippen MR) is 103 cm³/mol. The van der Waals surface area contributed by atoms with Crippen LogP contribution < -0.4 is 16.4 Å². The van der Waals surface area contributed by atoms with Gasteiger partial charge in [0, 0.05) is 56.7 Å². The van der Waals surface area contributed by atoms with Crippen molar-refractivity contribution in [3.05, 3.63) is 36.7 Å². The number of nitrogens with one attached hydrogen (secondary N) is 2. The molecule has 1 heterocycles. The Morgan fingerprint density at radius 1 is 1.12 bits per heavy atom. The highest BCUT2D eigenvalue weighted by Crippen LogP contribution is 2.12. The lowest BCUT2D eigenvalue weighted by atomic mass is 10.1. The molecule has 0 spiro atoms. The Morgan fingerprint density at radius 2 is 1.92 bits per heavy atom. The van der Waals surface area contributed by atoms with Crippen LogP contribution in [0.15, 0.2) is 36.7 Å². The molecule has 7 heteroatoms. The zero-order valence-corrected chi connectivity index (χ0v) is 15.6. The Morgan fingerprint density at radius 3 is 2.62 bits per heavy atom. The van der Waals surface area contributed by atoms with E-state index in [2.05, 4.69) is 23.8 Å². The first-order chi connectivity index (χ1) is 12.5. The minimum atomic E-state index is -0.120. The van der Waals surface area contributed by atoms with Crippen molar-refractivity contribution in [2.24, 2.45) is 5.73 Å². The molecule has 1 aliphatic heterocycles. The van der Waals surface area contributed by atoms with Crippen molar-refractivity contribution in [2.45, 2.75) is 32.1 Å². The second kappa shape index (κ2) is 13.1. The quantitative estimate of drug-likeness (QED) is 0.377. The number of allylic oxidation sites excluding steroid dienone is 2. The molecule has 0 aliphatic carbocycles. The van der Waals surface area contributed by atoms with Crippen LogP contribution in [0.5, 0.6) is 0 Å². The Labute approximate surface area is 156 Å². The lowest BCUT2D eigenvalue weighted by Gasteiger charge is -2.16. The molecule has 0 saturated heterocycles. The molecule has 0 atom stereocenters. The summed E-state index contributed by atoms with van der Waals surface area (Å²) in [4.78, 5) is 24.7. The van der Waals surface area contributed by atoms with Crippen molar-refractivity contribution >= 4 is 11.8 Å². The molecule has 0 unspecified atom stereocenters. The summed E-state index contributed by atoms with van der Waals surface area (Å²) in [7, 11) is 0. The molecule has 0 aromatic carbocycles. The summed E-state index contributed by atoms with van der Waals surface area (Å²) in [5.41, 5.74) is 7.08. The van der Waals surface area contributed by atoms with Crippen LogP contribution in [0.3, 0.4) is 0 Å². The van der Waals surface area contributed by atoms with E-state index in [1.54, 1.807) is 6.08 Å².